The number of hydrogen-bond acceptors (Lipinski definition) is 2. The summed E-state index contributed by atoms with van der Waals surface area (Å²) >= 11 is 6.07. The zero-order chi connectivity index (χ0) is 14.7. The molecular weight excluding hydrogens is 272 g/mol. The molecule has 0 aliphatic rings. The Labute approximate surface area is 125 Å². The molecule has 2 rings (SSSR count). The molecule has 1 aromatic heterocycles. The summed E-state index contributed by atoms with van der Waals surface area (Å²) in [6.07, 6.45) is 2.33. The largest absolute Gasteiger partial charge is 0.497 e. The van der Waals surface area contributed by atoms with Gasteiger partial charge >= 0.3 is 0 Å². The predicted molar refractivity (Wildman–Crippen MR) is 84.6 cm³/mol. The maximum absolute atomic E-state index is 6.07. The molecule has 3 nitrogen and oxygen atoms in total. The van der Waals surface area contributed by atoms with Crippen LogP contribution >= 0.6 is 11.6 Å². The fourth-order valence-electron chi connectivity index (χ4n) is 2.54. The summed E-state index contributed by atoms with van der Waals surface area (Å²) in [5.41, 5.74) is 2.09. The first-order valence-corrected chi connectivity index (χ1v) is 7.71. The Morgan fingerprint density at radius 1 is 1.25 bits per heavy atom. The number of benzene rings is 1. The molecule has 1 unspecified atom stereocenters. The Morgan fingerprint density at radius 3 is 2.60 bits per heavy atom. The van der Waals surface area contributed by atoms with Gasteiger partial charge < -0.3 is 9.30 Å². The van der Waals surface area contributed by atoms with Gasteiger partial charge in [-0.3, -0.25) is 0 Å². The number of rotatable bonds is 6. The number of nitrogens with zero attached hydrogens (tertiary/aromatic N) is 2. The highest BCUT2D eigenvalue weighted by Gasteiger charge is 2.16. The molecule has 20 heavy (non-hydrogen) atoms. The lowest BCUT2D eigenvalue weighted by Crippen LogP contribution is -2.09. The van der Waals surface area contributed by atoms with Crippen molar-refractivity contribution in [2.45, 2.75) is 45.5 Å². The van der Waals surface area contributed by atoms with E-state index in [1.54, 1.807) is 7.11 Å². The van der Waals surface area contributed by atoms with Gasteiger partial charge in [0.1, 0.15) is 11.6 Å². The molecule has 0 saturated heterocycles. The number of aromatic nitrogens is 2. The Hall–Kier alpha value is -1.22. The monoisotopic (exact) mass is 294 g/mol. The van der Waals surface area contributed by atoms with Crippen LogP contribution in [-0.4, -0.2) is 16.7 Å². The molecule has 1 heterocycles. The molecule has 0 N–H and O–H groups in total. The second kappa shape index (κ2) is 6.49. The van der Waals surface area contributed by atoms with Crippen LogP contribution in [-0.2, 0) is 5.88 Å². The maximum atomic E-state index is 6.07. The van der Waals surface area contributed by atoms with E-state index < -0.39 is 0 Å². The third-order valence-electron chi connectivity index (χ3n) is 3.69. The van der Waals surface area contributed by atoms with Crippen molar-refractivity contribution in [3.8, 4) is 5.75 Å². The molecule has 0 saturated carbocycles. The van der Waals surface area contributed by atoms with Crippen molar-refractivity contribution in [2.24, 2.45) is 5.92 Å². The first kappa shape index (κ1) is 15.2. The van der Waals surface area contributed by atoms with Crippen molar-refractivity contribution in [3.63, 3.8) is 0 Å². The predicted octanol–water partition coefficient (Wildman–Crippen LogP) is 4.78. The van der Waals surface area contributed by atoms with Crippen LogP contribution < -0.4 is 4.74 Å². The van der Waals surface area contributed by atoms with E-state index in [1.807, 2.05) is 18.2 Å². The van der Waals surface area contributed by atoms with E-state index in [2.05, 4.69) is 30.3 Å². The van der Waals surface area contributed by atoms with Gasteiger partial charge in [-0.05, 0) is 37.8 Å². The van der Waals surface area contributed by atoms with Gasteiger partial charge in [-0.25, -0.2) is 4.98 Å². The standard InChI is InChI=1S/C16H23ClN2O/c1-11(2)5-6-12(3)19-15-9-13(20-4)7-8-14(15)18-16(19)10-17/h7-9,11-12H,5-6,10H2,1-4H3. The molecule has 2 aromatic rings. The van der Waals surface area contributed by atoms with Crippen LogP contribution in [0.5, 0.6) is 5.75 Å². The number of ether oxygens (including phenoxy) is 1. The summed E-state index contributed by atoms with van der Waals surface area (Å²) in [6.45, 7) is 6.74. The zero-order valence-corrected chi connectivity index (χ0v) is 13.4. The number of hydrogen-bond donors (Lipinski definition) is 0. The van der Waals surface area contributed by atoms with E-state index in [1.165, 1.54) is 6.42 Å². The minimum Gasteiger partial charge on any atom is -0.497 e. The molecule has 0 bridgehead atoms. The molecule has 0 aliphatic carbocycles. The van der Waals surface area contributed by atoms with Gasteiger partial charge in [0.15, 0.2) is 0 Å². The summed E-state index contributed by atoms with van der Waals surface area (Å²) in [5.74, 6) is 2.94. The Morgan fingerprint density at radius 2 is 2.00 bits per heavy atom. The second-order valence-corrected chi connectivity index (χ2v) is 5.97. The molecule has 0 fully saturated rings. The van der Waals surface area contributed by atoms with Crippen LogP contribution in [0.25, 0.3) is 11.0 Å². The van der Waals surface area contributed by atoms with Crippen molar-refractivity contribution < 1.29 is 4.74 Å². The average Bonchev–Trinajstić information content (AvgIpc) is 2.81. The van der Waals surface area contributed by atoms with Crippen molar-refractivity contribution in [2.75, 3.05) is 7.11 Å². The van der Waals surface area contributed by atoms with Crippen molar-refractivity contribution in [1.29, 1.82) is 0 Å². The molecular formula is C16H23ClN2O. The van der Waals surface area contributed by atoms with Crippen molar-refractivity contribution in [1.82, 2.24) is 9.55 Å². The first-order chi connectivity index (χ1) is 9.56. The third kappa shape index (κ3) is 3.09. The van der Waals surface area contributed by atoms with E-state index in [0.29, 0.717) is 17.8 Å². The number of halogens is 1. The third-order valence-corrected chi connectivity index (χ3v) is 3.93. The minimum atomic E-state index is 0.392. The quantitative estimate of drug-likeness (QED) is 0.717. The molecule has 0 aliphatic heterocycles. The lowest BCUT2D eigenvalue weighted by atomic mass is 10.0. The normalized spacial score (nSPS) is 13.1. The van der Waals surface area contributed by atoms with Crippen LogP contribution in [0.1, 0.15) is 45.5 Å². The summed E-state index contributed by atoms with van der Waals surface area (Å²) in [6, 6.07) is 6.37. The second-order valence-electron chi connectivity index (χ2n) is 5.71. The lowest BCUT2D eigenvalue weighted by molar-refractivity contribution is 0.414. The minimum absolute atomic E-state index is 0.392. The Balaban J connectivity index is 2.42. The zero-order valence-electron chi connectivity index (χ0n) is 12.7. The van der Waals surface area contributed by atoms with Gasteiger partial charge in [0.05, 0.1) is 24.0 Å². The number of methoxy groups -OCH3 is 1. The highest BCUT2D eigenvalue weighted by Crippen LogP contribution is 2.28. The first-order valence-electron chi connectivity index (χ1n) is 7.17. The van der Waals surface area contributed by atoms with Gasteiger partial charge in [0.25, 0.3) is 0 Å². The molecule has 110 valence electrons. The van der Waals surface area contributed by atoms with Gasteiger partial charge in [-0.15, -0.1) is 11.6 Å². The summed E-state index contributed by atoms with van der Waals surface area (Å²) in [4.78, 5) is 4.63. The van der Waals surface area contributed by atoms with Gasteiger partial charge in [-0.1, -0.05) is 13.8 Å². The van der Waals surface area contributed by atoms with Crippen molar-refractivity contribution >= 4 is 22.6 Å². The van der Waals surface area contributed by atoms with Crippen LogP contribution in [0.3, 0.4) is 0 Å². The van der Waals surface area contributed by atoms with Crippen molar-refractivity contribution in [3.05, 3.63) is 24.0 Å². The fourth-order valence-corrected chi connectivity index (χ4v) is 2.73. The van der Waals surface area contributed by atoms with Gasteiger partial charge in [0.2, 0.25) is 0 Å². The van der Waals surface area contributed by atoms with E-state index in [0.717, 1.165) is 29.0 Å². The summed E-state index contributed by atoms with van der Waals surface area (Å²) in [7, 11) is 1.69. The Kier molecular flexibility index (Phi) is 4.92. The van der Waals surface area contributed by atoms with E-state index in [4.69, 9.17) is 16.3 Å². The number of imidazole rings is 1. The summed E-state index contributed by atoms with van der Waals surface area (Å²) < 4.78 is 7.58. The molecule has 1 atom stereocenters. The maximum Gasteiger partial charge on any atom is 0.125 e. The SMILES string of the molecule is COc1ccc2nc(CCl)n(C(C)CCC(C)C)c2c1. The number of fused-ring (bicyclic) bond motifs is 1. The topological polar surface area (TPSA) is 27.1 Å². The van der Waals surface area contributed by atoms with Crippen LogP contribution in [0.15, 0.2) is 18.2 Å². The molecule has 0 spiro atoms. The number of alkyl halides is 1. The Bertz CT molecular complexity index is 577. The van der Waals surface area contributed by atoms with E-state index in [9.17, 15) is 0 Å². The highest BCUT2D eigenvalue weighted by atomic mass is 35.5. The van der Waals surface area contributed by atoms with Gasteiger partial charge in [-0.2, -0.15) is 0 Å². The fraction of sp³-hybridized carbons (Fsp3) is 0.562. The molecule has 0 amide bonds. The van der Waals surface area contributed by atoms with Gasteiger partial charge in [0, 0.05) is 12.1 Å². The summed E-state index contributed by atoms with van der Waals surface area (Å²) in [5, 5.41) is 0. The van der Waals surface area contributed by atoms with E-state index in [-0.39, 0.29) is 0 Å². The van der Waals surface area contributed by atoms with Crippen LogP contribution in [0, 0.1) is 5.92 Å². The van der Waals surface area contributed by atoms with Crippen LogP contribution in [0.2, 0.25) is 0 Å². The molecule has 4 heteroatoms. The molecule has 0 radical (unpaired) electrons. The van der Waals surface area contributed by atoms with E-state index >= 15 is 0 Å². The highest BCUT2D eigenvalue weighted by molar-refractivity contribution is 6.16. The smallest absolute Gasteiger partial charge is 0.125 e. The lowest BCUT2D eigenvalue weighted by Gasteiger charge is -2.18. The molecule has 1 aromatic carbocycles. The average molecular weight is 295 g/mol. The van der Waals surface area contributed by atoms with Crippen LogP contribution in [0.4, 0.5) is 0 Å².